The van der Waals surface area contributed by atoms with E-state index in [9.17, 15) is 19.1 Å². The van der Waals surface area contributed by atoms with E-state index in [1.165, 1.54) is 18.2 Å². The third-order valence-electron chi connectivity index (χ3n) is 3.71. The SMILES string of the molecule is O=C(NCc1c(F)cccc1Cl)NC1(C(=O)O)CCCC1. The van der Waals surface area contributed by atoms with Crippen LogP contribution in [0.4, 0.5) is 9.18 Å². The second kappa shape index (κ2) is 6.30. The zero-order valence-corrected chi connectivity index (χ0v) is 12.0. The number of benzene rings is 1. The summed E-state index contributed by atoms with van der Waals surface area (Å²) in [7, 11) is 0. The quantitative estimate of drug-likeness (QED) is 0.799. The Morgan fingerprint density at radius 1 is 1.33 bits per heavy atom. The van der Waals surface area contributed by atoms with Gasteiger partial charge >= 0.3 is 12.0 Å². The molecule has 0 spiro atoms. The molecule has 114 valence electrons. The highest BCUT2D eigenvalue weighted by Crippen LogP contribution is 2.29. The van der Waals surface area contributed by atoms with Gasteiger partial charge in [-0.25, -0.2) is 14.0 Å². The third kappa shape index (κ3) is 3.44. The van der Waals surface area contributed by atoms with Gasteiger partial charge < -0.3 is 15.7 Å². The molecule has 1 aromatic carbocycles. The van der Waals surface area contributed by atoms with Crippen LogP contribution in [0.15, 0.2) is 18.2 Å². The van der Waals surface area contributed by atoms with Crippen molar-refractivity contribution in [1.29, 1.82) is 0 Å². The molecular weight excluding hydrogens is 299 g/mol. The van der Waals surface area contributed by atoms with Gasteiger partial charge in [0, 0.05) is 17.1 Å². The van der Waals surface area contributed by atoms with Crippen LogP contribution in [0.5, 0.6) is 0 Å². The molecule has 0 heterocycles. The van der Waals surface area contributed by atoms with Gasteiger partial charge in [-0.15, -0.1) is 0 Å². The number of rotatable bonds is 4. The van der Waals surface area contributed by atoms with Crippen LogP contribution in [0.2, 0.25) is 5.02 Å². The summed E-state index contributed by atoms with van der Waals surface area (Å²) in [5, 5.41) is 14.4. The molecule has 3 N–H and O–H groups in total. The smallest absolute Gasteiger partial charge is 0.329 e. The summed E-state index contributed by atoms with van der Waals surface area (Å²) in [6.07, 6.45) is 2.31. The maximum Gasteiger partial charge on any atom is 0.329 e. The molecule has 0 aliphatic heterocycles. The summed E-state index contributed by atoms with van der Waals surface area (Å²) >= 11 is 5.86. The van der Waals surface area contributed by atoms with Gasteiger partial charge in [0.2, 0.25) is 0 Å². The zero-order chi connectivity index (χ0) is 15.5. The van der Waals surface area contributed by atoms with E-state index in [-0.39, 0.29) is 17.1 Å². The minimum absolute atomic E-state index is 0.104. The summed E-state index contributed by atoms with van der Waals surface area (Å²) in [5.41, 5.74) is -1.05. The van der Waals surface area contributed by atoms with Crippen LogP contribution in [0.1, 0.15) is 31.2 Å². The minimum Gasteiger partial charge on any atom is -0.480 e. The first kappa shape index (κ1) is 15.6. The molecule has 2 rings (SSSR count). The molecule has 0 atom stereocenters. The van der Waals surface area contributed by atoms with Gasteiger partial charge in [0.1, 0.15) is 11.4 Å². The number of carbonyl (C=O) groups is 2. The molecule has 1 aliphatic carbocycles. The summed E-state index contributed by atoms with van der Waals surface area (Å²) in [6.45, 7) is -0.104. The number of aliphatic carboxylic acids is 1. The predicted molar refractivity (Wildman–Crippen MR) is 75.6 cm³/mol. The summed E-state index contributed by atoms with van der Waals surface area (Å²) in [4.78, 5) is 23.2. The molecule has 0 bridgehead atoms. The van der Waals surface area contributed by atoms with E-state index in [4.69, 9.17) is 11.6 Å². The third-order valence-corrected chi connectivity index (χ3v) is 4.06. The van der Waals surface area contributed by atoms with E-state index < -0.39 is 23.4 Å². The van der Waals surface area contributed by atoms with Crippen LogP contribution in [-0.4, -0.2) is 22.6 Å². The first-order valence-corrected chi connectivity index (χ1v) is 7.05. The lowest BCUT2D eigenvalue weighted by atomic mass is 9.98. The van der Waals surface area contributed by atoms with Crippen LogP contribution in [0, 0.1) is 5.82 Å². The van der Waals surface area contributed by atoms with Gasteiger partial charge in [-0.2, -0.15) is 0 Å². The average molecular weight is 315 g/mol. The Bertz CT molecular complexity index is 539. The molecule has 0 saturated heterocycles. The average Bonchev–Trinajstić information content (AvgIpc) is 2.88. The van der Waals surface area contributed by atoms with Crippen molar-refractivity contribution in [2.24, 2.45) is 0 Å². The largest absolute Gasteiger partial charge is 0.480 e. The van der Waals surface area contributed by atoms with Crippen molar-refractivity contribution in [2.75, 3.05) is 0 Å². The van der Waals surface area contributed by atoms with Crippen molar-refractivity contribution < 1.29 is 19.1 Å². The Morgan fingerprint density at radius 3 is 2.57 bits per heavy atom. The second-order valence-electron chi connectivity index (χ2n) is 5.10. The number of halogens is 2. The Hall–Kier alpha value is -1.82. The predicted octanol–water partition coefficient (Wildman–Crippen LogP) is 2.68. The van der Waals surface area contributed by atoms with Crippen LogP contribution in [0.3, 0.4) is 0 Å². The number of carbonyl (C=O) groups excluding carboxylic acids is 1. The lowest BCUT2D eigenvalue weighted by Gasteiger charge is -2.25. The van der Waals surface area contributed by atoms with Gasteiger partial charge in [-0.05, 0) is 25.0 Å². The molecule has 0 unspecified atom stereocenters. The number of nitrogens with one attached hydrogen (secondary N) is 2. The Kier molecular flexibility index (Phi) is 4.67. The van der Waals surface area contributed by atoms with E-state index >= 15 is 0 Å². The van der Waals surface area contributed by atoms with Crippen LogP contribution < -0.4 is 10.6 Å². The van der Waals surface area contributed by atoms with E-state index in [0.717, 1.165) is 12.8 Å². The zero-order valence-electron chi connectivity index (χ0n) is 11.3. The van der Waals surface area contributed by atoms with Gasteiger partial charge in [-0.1, -0.05) is 30.5 Å². The second-order valence-corrected chi connectivity index (χ2v) is 5.51. The van der Waals surface area contributed by atoms with Gasteiger partial charge in [0.25, 0.3) is 0 Å². The first-order valence-electron chi connectivity index (χ1n) is 6.67. The Morgan fingerprint density at radius 2 is 2.00 bits per heavy atom. The van der Waals surface area contributed by atoms with Crippen molar-refractivity contribution in [3.05, 3.63) is 34.6 Å². The highest BCUT2D eigenvalue weighted by molar-refractivity contribution is 6.31. The molecule has 1 saturated carbocycles. The lowest BCUT2D eigenvalue weighted by molar-refractivity contribution is -0.144. The van der Waals surface area contributed by atoms with Crippen LogP contribution in [0.25, 0.3) is 0 Å². The fourth-order valence-electron chi connectivity index (χ4n) is 2.50. The van der Waals surface area contributed by atoms with E-state index in [0.29, 0.717) is 12.8 Å². The van der Waals surface area contributed by atoms with Gasteiger partial charge in [0.05, 0.1) is 0 Å². The molecule has 2 amide bonds. The van der Waals surface area contributed by atoms with Crippen LogP contribution in [-0.2, 0) is 11.3 Å². The highest BCUT2D eigenvalue weighted by Gasteiger charge is 2.42. The topological polar surface area (TPSA) is 78.4 Å². The number of urea groups is 1. The number of amides is 2. The molecular formula is C14H16ClFN2O3. The fourth-order valence-corrected chi connectivity index (χ4v) is 2.73. The van der Waals surface area contributed by atoms with E-state index in [1.807, 2.05) is 0 Å². The molecule has 1 aliphatic rings. The number of carboxylic acids is 1. The van der Waals surface area contributed by atoms with Crippen molar-refractivity contribution in [2.45, 2.75) is 37.8 Å². The summed E-state index contributed by atoms with van der Waals surface area (Å²) in [6, 6.07) is 3.60. The van der Waals surface area contributed by atoms with Crippen molar-refractivity contribution in [3.8, 4) is 0 Å². The summed E-state index contributed by atoms with van der Waals surface area (Å²) < 4.78 is 13.6. The fraction of sp³-hybridized carbons (Fsp3) is 0.429. The van der Waals surface area contributed by atoms with Crippen molar-refractivity contribution in [1.82, 2.24) is 10.6 Å². The number of hydrogen-bond acceptors (Lipinski definition) is 2. The normalized spacial score (nSPS) is 16.5. The molecule has 1 aromatic rings. The first-order chi connectivity index (χ1) is 9.94. The Labute approximate surface area is 126 Å². The number of carboxylic acid groups (broad SMARTS) is 1. The van der Waals surface area contributed by atoms with Crippen LogP contribution >= 0.6 is 11.6 Å². The Balaban J connectivity index is 1.98. The van der Waals surface area contributed by atoms with E-state index in [2.05, 4.69) is 10.6 Å². The standard InChI is InChI=1S/C14H16ClFN2O3/c15-10-4-3-5-11(16)9(10)8-17-13(21)18-14(12(19)20)6-1-2-7-14/h3-5H,1-2,6-8H2,(H,19,20)(H2,17,18,21). The monoisotopic (exact) mass is 314 g/mol. The molecule has 5 nitrogen and oxygen atoms in total. The maximum atomic E-state index is 13.6. The highest BCUT2D eigenvalue weighted by atomic mass is 35.5. The van der Waals surface area contributed by atoms with Crippen molar-refractivity contribution in [3.63, 3.8) is 0 Å². The molecule has 7 heteroatoms. The molecule has 0 radical (unpaired) electrons. The molecule has 0 aromatic heterocycles. The van der Waals surface area contributed by atoms with Gasteiger partial charge in [-0.3, -0.25) is 0 Å². The lowest BCUT2D eigenvalue weighted by Crippen LogP contribution is -2.55. The minimum atomic E-state index is -1.22. The van der Waals surface area contributed by atoms with E-state index in [1.54, 1.807) is 0 Å². The molecule has 21 heavy (non-hydrogen) atoms. The summed E-state index contributed by atoms with van der Waals surface area (Å²) in [5.74, 6) is -1.56. The maximum absolute atomic E-state index is 13.6. The molecule has 1 fully saturated rings. The van der Waals surface area contributed by atoms with Gasteiger partial charge in [0.15, 0.2) is 0 Å². The van der Waals surface area contributed by atoms with Crippen molar-refractivity contribution >= 4 is 23.6 Å². The number of hydrogen-bond donors (Lipinski definition) is 3.